The van der Waals surface area contributed by atoms with Gasteiger partial charge in [0.1, 0.15) is 5.54 Å². The van der Waals surface area contributed by atoms with Crippen LogP contribution >= 0.6 is 0 Å². The molecule has 1 aliphatic heterocycles. The topological polar surface area (TPSA) is 67.9 Å². The van der Waals surface area contributed by atoms with Crippen LogP contribution in [-0.4, -0.2) is 62.3 Å². The van der Waals surface area contributed by atoms with Gasteiger partial charge in [-0.3, -0.25) is 9.59 Å². The van der Waals surface area contributed by atoms with Gasteiger partial charge in [-0.25, -0.2) is 0 Å². The van der Waals surface area contributed by atoms with E-state index in [1.54, 1.807) is 18.9 Å². The molecule has 1 saturated heterocycles. The number of unbranched alkanes of at least 4 members (excludes halogenated alkanes) is 1. The summed E-state index contributed by atoms with van der Waals surface area (Å²) in [6, 6.07) is 0. The Morgan fingerprint density at radius 2 is 2.00 bits per heavy atom. The van der Waals surface area contributed by atoms with E-state index >= 15 is 0 Å². The van der Waals surface area contributed by atoms with Gasteiger partial charge >= 0.3 is 0 Å². The molecule has 116 valence electrons. The van der Waals surface area contributed by atoms with E-state index in [9.17, 15) is 9.59 Å². The average molecular weight is 286 g/mol. The normalized spacial score (nSPS) is 23.1. The van der Waals surface area contributed by atoms with E-state index < -0.39 is 5.54 Å². The highest BCUT2D eigenvalue weighted by Crippen LogP contribution is 2.18. The number of nitrogens with zero attached hydrogens (tertiary/aromatic N) is 1. The molecule has 0 bridgehead atoms. The number of hydrogen-bond donors (Lipinski definition) is 1. The summed E-state index contributed by atoms with van der Waals surface area (Å²) in [6.07, 6.45) is 2.32. The number of piperazine rings is 1. The maximum Gasteiger partial charge on any atom is 0.248 e. The van der Waals surface area contributed by atoms with Gasteiger partial charge in [-0.1, -0.05) is 6.92 Å². The Kier molecular flexibility index (Phi) is 6.95. The molecule has 0 aromatic rings. The number of carbonyl (C=O) groups is 2. The number of nitrogens with one attached hydrogen (secondary N) is 1. The Morgan fingerprint density at radius 3 is 2.65 bits per heavy atom. The summed E-state index contributed by atoms with van der Waals surface area (Å²) in [5.41, 5.74) is -0.746. The first kappa shape index (κ1) is 16.9. The molecule has 6 heteroatoms. The summed E-state index contributed by atoms with van der Waals surface area (Å²) in [6.45, 7) is 6.31. The molecule has 0 spiro atoms. The van der Waals surface area contributed by atoms with Crippen molar-refractivity contribution in [1.29, 1.82) is 0 Å². The third kappa shape index (κ3) is 4.76. The molecule has 0 aromatic heterocycles. The Labute approximate surface area is 120 Å². The van der Waals surface area contributed by atoms with Crippen LogP contribution in [0.2, 0.25) is 0 Å². The van der Waals surface area contributed by atoms with Gasteiger partial charge in [0.05, 0.1) is 19.8 Å². The van der Waals surface area contributed by atoms with E-state index in [4.69, 9.17) is 9.47 Å². The lowest BCUT2D eigenvalue weighted by atomic mass is 9.94. The van der Waals surface area contributed by atoms with Crippen molar-refractivity contribution in [2.75, 3.05) is 40.0 Å². The fourth-order valence-electron chi connectivity index (χ4n) is 2.17. The molecule has 0 aromatic carbocycles. The molecular formula is C14H26N2O4. The Bertz CT molecular complexity index is 335. The Balaban J connectivity index is 2.28. The number of methoxy groups -OCH3 is 1. The maximum absolute atomic E-state index is 12.3. The van der Waals surface area contributed by atoms with Gasteiger partial charge in [0.15, 0.2) is 0 Å². The maximum atomic E-state index is 12.3. The number of hydrogen-bond acceptors (Lipinski definition) is 4. The monoisotopic (exact) mass is 286 g/mol. The summed E-state index contributed by atoms with van der Waals surface area (Å²) in [4.78, 5) is 25.6. The first-order chi connectivity index (χ1) is 9.53. The zero-order valence-electron chi connectivity index (χ0n) is 12.7. The molecule has 1 N–H and O–H groups in total. The minimum atomic E-state index is -0.746. The highest BCUT2D eigenvalue weighted by atomic mass is 16.5. The van der Waals surface area contributed by atoms with Crippen LogP contribution in [-0.2, 0) is 19.1 Å². The van der Waals surface area contributed by atoms with Crippen molar-refractivity contribution in [3.8, 4) is 0 Å². The van der Waals surface area contributed by atoms with Crippen molar-refractivity contribution in [2.24, 2.45) is 0 Å². The molecule has 20 heavy (non-hydrogen) atoms. The lowest BCUT2D eigenvalue weighted by Crippen LogP contribution is -2.65. The van der Waals surface area contributed by atoms with Gasteiger partial charge < -0.3 is 19.7 Å². The highest BCUT2D eigenvalue weighted by molar-refractivity contribution is 5.97. The summed E-state index contributed by atoms with van der Waals surface area (Å²) >= 11 is 0. The molecule has 1 aliphatic rings. The third-order valence-corrected chi connectivity index (χ3v) is 3.61. The quantitative estimate of drug-likeness (QED) is 0.629. The second-order valence-electron chi connectivity index (χ2n) is 5.27. The van der Waals surface area contributed by atoms with Crippen LogP contribution < -0.4 is 5.32 Å². The average Bonchev–Trinajstić information content (AvgIpc) is 2.43. The van der Waals surface area contributed by atoms with Crippen LogP contribution in [0.4, 0.5) is 0 Å². The fourth-order valence-corrected chi connectivity index (χ4v) is 2.17. The summed E-state index contributed by atoms with van der Waals surface area (Å²) in [7, 11) is 1.64. The molecule has 1 fully saturated rings. The Hall–Kier alpha value is -1.14. The van der Waals surface area contributed by atoms with Crippen LogP contribution in [0.25, 0.3) is 0 Å². The highest BCUT2D eigenvalue weighted by Gasteiger charge is 2.40. The summed E-state index contributed by atoms with van der Waals surface area (Å²) in [5, 5.41) is 2.78. The SMILES string of the molecule is CCC1(C)NC(=O)CN(CCCCOCCOC)C1=O. The Morgan fingerprint density at radius 1 is 1.25 bits per heavy atom. The van der Waals surface area contributed by atoms with E-state index in [1.807, 2.05) is 6.92 Å². The summed E-state index contributed by atoms with van der Waals surface area (Å²) in [5.74, 6) is -0.0646. The molecule has 1 heterocycles. The molecule has 0 radical (unpaired) electrons. The van der Waals surface area contributed by atoms with Crippen molar-refractivity contribution in [1.82, 2.24) is 10.2 Å². The van der Waals surface area contributed by atoms with E-state index in [2.05, 4.69) is 5.32 Å². The second-order valence-corrected chi connectivity index (χ2v) is 5.27. The first-order valence-electron chi connectivity index (χ1n) is 7.20. The standard InChI is InChI=1S/C14H26N2O4/c1-4-14(2)13(18)16(11-12(17)15-14)7-5-6-8-20-10-9-19-3/h4-11H2,1-3H3,(H,15,17). The van der Waals surface area contributed by atoms with E-state index in [1.165, 1.54) is 0 Å². The van der Waals surface area contributed by atoms with Crippen molar-refractivity contribution in [3.05, 3.63) is 0 Å². The number of carbonyl (C=O) groups excluding carboxylic acids is 2. The van der Waals surface area contributed by atoms with Gasteiger partial charge in [0.25, 0.3) is 0 Å². The van der Waals surface area contributed by atoms with Crippen LogP contribution in [0.15, 0.2) is 0 Å². The van der Waals surface area contributed by atoms with Crippen molar-refractivity contribution >= 4 is 11.8 Å². The largest absolute Gasteiger partial charge is 0.382 e. The molecule has 1 rings (SSSR count). The lowest BCUT2D eigenvalue weighted by Gasteiger charge is -2.39. The van der Waals surface area contributed by atoms with Crippen LogP contribution in [0, 0.1) is 0 Å². The zero-order chi connectivity index (χ0) is 15.0. The van der Waals surface area contributed by atoms with E-state index in [0.29, 0.717) is 32.8 Å². The van der Waals surface area contributed by atoms with Gasteiger partial charge in [0, 0.05) is 20.3 Å². The summed E-state index contributed by atoms with van der Waals surface area (Å²) < 4.78 is 10.2. The van der Waals surface area contributed by atoms with Crippen molar-refractivity contribution in [2.45, 2.75) is 38.6 Å². The predicted molar refractivity (Wildman–Crippen MR) is 75.3 cm³/mol. The number of ether oxygens (including phenoxy) is 2. The molecule has 2 amide bonds. The minimum Gasteiger partial charge on any atom is -0.382 e. The molecule has 1 atom stereocenters. The second kappa shape index (κ2) is 8.21. The minimum absolute atomic E-state index is 0.0138. The zero-order valence-corrected chi connectivity index (χ0v) is 12.7. The third-order valence-electron chi connectivity index (χ3n) is 3.61. The molecule has 0 aliphatic carbocycles. The van der Waals surface area contributed by atoms with E-state index in [0.717, 1.165) is 12.8 Å². The van der Waals surface area contributed by atoms with Gasteiger partial charge in [-0.05, 0) is 26.2 Å². The van der Waals surface area contributed by atoms with Gasteiger partial charge in [-0.15, -0.1) is 0 Å². The van der Waals surface area contributed by atoms with Gasteiger partial charge in [0.2, 0.25) is 11.8 Å². The molecular weight excluding hydrogens is 260 g/mol. The smallest absolute Gasteiger partial charge is 0.248 e. The van der Waals surface area contributed by atoms with Crippen molar-refractivity contribution in [3.63, 3.8) is 0 Å². The fraction of sp³-hybridized carbons (Fsp3) is 0.857. The van der Waals surface area contributed by atoms with Crippen LogP contribution in [0.3, 0.4) is 0 Å². The first-order valence-corrected chi connectivity index (χ1v) is 7.20. The van der Waals surface area contributed by atoms with Crippen molar-refractivity contribution < 1.29 is 19.1 Å². The number of rotatable bonds is 9. The van der Waals surface area contributed by atoms with Crippen LogP contribution in [0.1, 0.15) is 33.1 Å². The van der Waals surface area contributed by atoms with Crippen LogP contribution in [0.5, 0.6) is 0 Å². The molecule has 1 unspecified atom stereocenters. The molecule has 6 nitrogen and oxygen atoms in total. The number of amides is 2. The lowest BCUT2D eigenvalue weighted by molar-refractivity contribution is -0.149. The predicted octanol–water partition coefficient (Wildman–Crippen LogP) is 0.557. The van der Waals surface area contributed by atoms with Gasteiger partial charge in [-0.2, -0.15) is 0 Å². The molecule has 0 saturated carbocycles. The van der Waals surface area contributed by atoms with E-state index in [-0.39, 0.29) is 18.4 Å².